The topological polar surface area (TPSA) is 231 Å². The van der Waals surface area contributed by atoms with Gasteiger partial charge in [0.1, 0.15) is 25.4 Å². The van der Waals surface area contributed by atoms with Crippen molar-refractivity contribution >= 4 is 33.6 Å². The van der Waals surface area contributed by atoms with Crippen molar-refractivity contribution in [2.24, 2.45) is 0 Å². The number of esters is 3. The molecule has 0 aliphatic heterocycles. The van der Waals surface area contributed by atoms with Gasteiger partial charge in [0.15, 0.2) is 6.10 Å². The molecule has 131 heavy (non-hydrogen) atoms. The number of unbranched alkanes of at least 4 members (excludes halogenated alkanes) is 53. The summed E-state index contributed by atoms with van der Waals surface area (Å²) in [6.45, 7) is 2.61. The second kappa shape index (κ2) is 104. The zero-order valence-electron chi connectivity index (χ0n) is 84.0. The van der Waals surface area contributed by atoms with Gasteiger partial charge in [0, 0.05) is 19.3 Å². The van der Waals surface area contributed by atoms with Crippen molar-refractivity contribution in [3.8, 4) is 0 Å². The Morgan fingerprint density at radius 3 is 0.641 bits per heavy atom. The maximum absolute atomic E-state index is 13.1. The van der Waals surface area contributed by atoms with Crippen LogP contribution in [0.2, 0.25) is 0 Å². The lowest BCUT2D eigenvalue weighted by atomic mass is 10.0. The summed E-state index contributed by atoms with van der Waals surface area (Å²) >= 11 is 0. The highest BCUT2D eigenvalue weighted by Gasteiger charge is 2.30. The van der Waals surface area contributed by atoms with E-state index in [2.05, 4.69) is 179 Å². The van der Waals surface area contributed by atoms with Crippen LogP contribution >= 0.6 is 15.6 Å². The summed E-state index contributed by atoms with van der Waals surface area (Å²) in [5, 5.41) is 20.8. The molecular weight excluding hydrogens is 1680 g/mol. The van der Waals surface area contributed by atoms with Gasteiger partial charge in [-0.25, -0.2) is 9.13 Å². The van der Waals surface area contributed by atoms with Crippen LogP contribution in [0.3, 0.4) is 0 Å². The summed E-state index contributed by atoms with van der Waals surface area (Å²) in [7, 11) is -9.82. The molecule has 756 valence electrons. The Balaban J connectivity index is 4.59. The van der Waals surface area contributed by atoms with Gasteiger partial charge in [0.2, 0.25) is 0 Å². The van der Waals surface area contributed by atoms with E-state index in [0.717, 1.165) is 141 Å². The van der Waals surface area contributed by atoms with Crippen LogP contribution in [0.1, 0.15) is 483 Å². The van der Waals surface area contributed by atoms with Gasteiger partial charge >= 0.3 is 33.6 Å². The molecule has 0 radical (unpaired) electrons. The molecule has 0 heterocycles. The SMILES string of the molecule is CC/C=C\C/C=C\C/C=C\C/C=C\C/C=C\CCCCCCCCCCCCCCCC(=O)OC(COC(=O)CCCCCCCCCCCCCCCCCCC/C=C\C/C=C\C/C=C\C/C=C\CCCCC)COP(=O)(O)OCC(O)COP(=O)(O)OCC(O)COC(=O)CCCCCCCCCCCCCCCCCCC/C=C\C/C=C\C/C=C\C/C=C\CCCCC. The Kier molecular flexibility index (Phi) is 100. The second-order valence-electron chi connectivity index (χ2n) is 36.0. The number of hydrogen-bond acceptors (Lipinski definition) is 14. The van der Waals surface area contributed by atoms with Crippen LogP contribution in [0.25, 0.3) is 0 Å². The molecule has 0 amide bonds. The van der Waals surface area contributed by atoms with E-state index in [9.17, 15) is 43.5 Å². The molecule has 0 aromatic rings. The highest BCUT2D eigenvalue weighted by atomic mass is 31.2. The first-order valence-corrected chi connectivity index (χ1v) is 56.8. The lowest BCUT2D eigenvalue weighted by molar-refractivity contribution is -0.161. The molecule has 5 atom stereocenters. The van der Waals surface area contributed by atoms with Gasteiger partial charge < -0.3 is 34.2 Å². The highest BCUT2D eigenvalue weighted by Crippen LogP contribution is 2.45. The van der Waals surface area contributed by atoms with Crippen LogP contribution in [0.4, 0.5) is 0 Å². The first kappa shape index (κ1) is 126. The van der Waals surface area contributed by atoms with E-state index in [0.29, 0.717) is 19.3 Å². The monoisotopic (exact) mass is 1870 g/mol. The normalized spacial score (nSPS) is 14.2. The number of rotatable bonds is 102. The average Bonchev–Trinajstić information content (AvgIpc) is 0.897. The molecule has 0 fully saturated rings. The zero-order valence-corrected chi connectivity index (χ0v) is 85.8. The number of allylic oxidation sites excluding steroid dienone is 26. The van der Waals surface area contributed by atoms with Gasteiger partial charge in [-0.1, -0.05) is 468 Å². The molecule has 0 aliphatic carbocycles. The fourth-order valence-electron chi connectivity index (χ4n) is 15.1. The molecule has 0 spiro atoms. The van der Waals surface area contributed by atoms with E-state index in [1.807, 2.05) is 0 Å². The van der Waals surface area contributed by atoms with Crippen molar-refractivity contribution < 1.29 is 75.8 Å². The van der Waals surface area contributed by atoms with Gasteiger partial charge in [-0.05, 0) is 154 Å². The standard InChI is InChI=1S/C113H198O16P2/c1-4-7-10-13-16-19-22-25-28-31-34-37-40-43-46-49-51-53-55-58-60-63-66-69-72-75-78-81-84-87-90-93-96-99-111(116)123-102-108(114)103-125-130(119,120)126-104-109(115)105-127-131(121,122)128-107-110(129-113(118)101-98-95-92-89-86-83-80-77-74-71-68-65-62-57-48-45-42-39-36-33-30-27-24-21-18-15-12-9-6-3)106-124-112(117)100-97-94-91-88-85-82-79-76-73-70-67-64-61-59-56-54-52-50-47-44-41-38-35-32-29-26-23-20-17-14-11-8-5-2/h9,12,16-21,25-30,34-39,43-48,108-110,114-115H,4-8,10-11,13-15,22-24,31-33,40-42,49-107H2,1-3H3,(H,119,120)(H,121,122)/b12-9-,19-16-,20-17-,21-18-,28-25-,29-26-,30-27-,37-34-,38-35-,39-36-,46-43-,47-44-,48-45-. The molecule has 18 heteroatoms. The van der Waals surface area contributed by atoms with E-state index in [-0.39, 0.29) is 19.3 Å². The Bertz CT molecular complexity index is 3010. The first-order chi connectivity index (χ1) is 64.2. The number of ether oxygens (including phenoxy) is 3. The number of phosphoric ester groups is 2. The van der Waals surface area contributed by atoms with E-state index < -0.39 is 91.5 Å². The summed E-state index contributed by atoms with van der Waals surface area (Å²) in [5.41, 5.74) is 0. The fraction of sp³-hybridized carbons (Fsp3) is 0.743. The van der Waals surface area contributed by atoms with E-state index in [1.165, 1.54) is 283 Å². The molecule has 0 bridgehead atoms. The van der Waals surface area contributed by atoms with Crippen molar-refractivity contribution in [1.29, 1.82) is 0 Å². The number of carbonyl (C=O) groups is 3. The van der Waals surface area contributed by atoms with E-state index >= 15 is 0 Å². The van der Waals surface area contributed by atoms with Crippen molar-refractivity contribution in [2.75, 3.05) is 39.6 Å². The summed E-state index contributed by atoms with van der Waals surface area (Å²) in [6.07, 6.45) is 136. The third-order valence-corrected chi connectivity index (χ3v) is 25.1. The van der Waals surface area contributed by atoms with Crippen LogP contribution < -0.4 is 0 Å². The molecule has 5 unspecified atom stereocenters. The summed E-state index contributed by atoms with van der Waals surface area (Å²) in [4.78, 5) is 59.3. The lowest BCUT2D eigenvalue weighted by Gasteiger charge is -2.21. The van der Waals surface area contributed by atoms with E-state index in [1.54, 1.807) is 0 Å². The maximum atomic E-state index is 13.1. The van der Waals surface area contributed by atoms with Crippen LogP contribution in [-0.4, -0.2) is 95.9 Å². The number of aliphatic hydroxyl groups is 2. The quantitative estimate of drug-likeness (QED) is 0.0146. The van der Waals surface area contributed by atoms with Crippen LogP contribution in [0.5, 0.6) is 0 Å². The van der Waals surface area contributed by atoms with Crippen LogP contribution in [0.15, 0.2) is 158 Å². The van der Waals surface area contributed by atoms with Gasteiger partial charge in [0.05, 0.1) is 26.4 Å². The fourth-order valence-corrected chi connectivity index (χ4v) is 16.7. The minimum Gasteiger partial charge on any atom is -0.463 e. The molecule has 0 rings (SSSR count). The Hall–Kier alpha value is -4.83. The van der Waals surface area contributed by atoms with Crippen LogP contribution in [0, 0.1) is 0 Å². The summed E-state index contributed by atoms with van der Waals surface area (Å²) < 4.78 is 61.8. The number of hydrogen-bond donors (Lipinski definition) is 4. The molecule has 0 aromatic carbocycles. The zero-order chi connectivity index (χ0) is 95.0. The van der Waals surface area contributed by atoms with Crippen molar-refractivity contribution in [2.45, 2.75) is 501 Å². The number of phosphoric acid groups is 2. The first-order valence-electron chi connectivity index (χ1n) is 53.8. The predicted molar refractivity (Wildman–Crippen MR) is 556 cm³/mol. The smallest absolute Gasteiger partial charge is 0.463 e. The number of aliphatic hydroxyl groups excluding tert-OH is 2. The molecule has 0 aromatic heterocycles. The van der Waals surface area contributed by atoms with Crippen molar-refractivity contribution in [3.63, 3.8) is 0 Å². The molecular formula is C113H198O16P2. The van der Waals surface area contributed by atoms with Crippen molar-refractivity contribution in [3.05, 3.63) is 158 Å². The van der Waals surface area contributed by atoms with Gasteiger partial charge in [-0.15, -0.1) is 0 Å². The third kappa shape index (κ3) is 105. The Morgan fingerprint density at radius 2 is 0.405 bits per heavy atom. The molecule has 4 N–H and O–H groups in total. The minimum absolute atomic E-state index is 0.102. The minimum atomic E-state index is -4.95. The Morgan fingerprint density at radius 1 is 0.221 bits per heavy atom. The summed E-state index contributed by atoms with van der Waals surface area (Å²) in [5.74, 6) is -1.55. The molecule has 16 nitrogen and oxygen atoms in total. The van der Waals surface area contributed by atoms with E-state index in [4.69, 9.17) is 32.3 Å². The highest BCUT2D eigenvalue weighted by molar-refractivity contribution is 7.47. The largest absolute Gasteiger partial charge is 0.472 e. The molecule has 0 aliphatic rings. The summed E-state index contributed by atoms with van der Waals surface area (Å²) in [6, 6.07) is 0. The lowest BCUT2D eigenvalue weighted by Crippen LogP contribution is -2.30. The number of carbonyl (C=O) groups excluding carboxylic acids is 3. The second-order valence-corrected chi connectivity index (χ2v) is 38.9. The maximum Gasteiger partial charge on any atom is 0.472 e. The predicted octanol–water partition coefficient (Wildman–Crippen LogP) is 34.4. The van der Waals surface area contributed by atoms with Crippen LogP contribution in [-0.2, 0) is 55.8 Å². The average molecular weight is 1870 g/mol. The Labute approximate surface area is 803 Å². The van der Waals surface area contributed by atoms with Gasteiger partial charge in [0.25, 0.3) is 0 Å². The van der Waals surface area contributed by atoms with Crippen molar-refractivity contribution in [1.82, 2.24) is 0 Å². The van der Waals surface area contributed by atoms with Gasteiger partial charge in [-0.2, -0.15) is 0 Å². The third-order valence-electron chi connectivity index (χ3n) is 23.2. The molecule has 0 saturated heterocycles. The van der Waals surface area contributed by atoms with Gasteiger partial charge in [-0.3, -0.25) is 32.5 Å². The molecule has 0 saturated carbocycles.